The highest BCUT2D eigenvalue weighted by molar-refractivity contribution is 5.79. The van der Waals surface area contributed by atoms with Crippen molar-refractivity contribution in [3.05, 3.63) is 35.0 Å². The molecule has 204 valence electrons. The van der Waals surface area contributed by atoms with E-state index in [1.807, 2.05) is 32.2 Å². The Morgan fingerprint density at radius 3 is 2.76 bits per heavy atom. The van der Waals surface area contributed by atoms with Gasteiger partial charge in [-0.05, 0) is 62.8 Å². The lowest BCUT2D eigenvalue weighted by molar-refractivity contribution is -0.0958. The van der Waals surface area contributed by atoms with E-state index in [0.29, 0.717) is 30.8 Å². The second-order valence-electron chi connectivity index (χ2n) is 11.0. The van der Waals surface area contributed by atoms with Gasteiger partial charge >= 0.3 is 0 Å². The standard InChI is InChI=1S/C27H37F3N4O3/c1-18-10-19-11-23-24(37-17-36-23)12-22(19)25(34(18)15-27(29,30)16-35)26(2)6-4-20(13-31-26)32-21-5-9-33(14-21)8-3-7-28/h4,11-13,18,21,25,32,35H,3,5-10,14-17H2,1-2H3/t18-,21+,25+,26?/m1/s1. The summed E-state index contributed by atoms with van der Waals surface area (Å²) < 4.78 is 52.8. The highest BCUT2D eigenvalue weighted by Crippen LogP contribution is 2.49. The Hall–Kier alpha value is -2.30. The molecule has 37 heavy (non-hydrogen) atoms. The van der Waals surface area contributed by atoms with Gasteiger partial charge in [-0.3, -0.25) is 14.3 Å². The monoisotopic (exact) mass is 522 g/mol. The van der Waals surface area contributed by atoms with Gasteiger partial charge < -0.3 is 24.8 Å². The first kappa shape index (κ1) is 26.3. The molecule has 1 aromatic rings. The number of halogens is 3. The first-order valence-corrected chi connectivity index (χ1v) is 13.2. The van der Waals surface area contributed by atoms with Crippen LogP contribution in [-0.2, 0) is 6.42 Å². The number of benzene rings is 1. The zero-order chi connectivity index (χ0) is 26.2. The maximum atomic E-state index is 14.5. The van der Waals surface area contributed by atoms with Gasteiger partial charge in [0.1, 0.15) is 6.61 Å². The highest BCUT2D eigenvalue weighted by atomic mass is 19.3. The fourth-order valence-corrected chi connectivity index (χ4v) is 6.15. The maximum absolute atomic E-state index is 14.5. The van der Waals surface area contributed by atoms with Crippen LogP contribution in [0.4, 0.5) is 13.2 Å². The van der Waals surface area contributed by atoms with Gasteiger partial charge in [0, 0.05) is 43.6 Å². The fourth-order valence-electron chi connectivity index (χ4n) is 6.15. The summed E-state index contributed by atoms with van der Waals surface area (Å²) in [4.78, 5) is 9.04. The summed E-state index contributed by atoms with van der Waals surface area (Å²) in [5.74, 6) is -1.93. The maximum Gasteiger partial charge on any atom is 0.283 e. The summed E-state index contributed by atoms with van der Waals surface area (Å²) in [6.07, 6.45) is 6.62. The molecule has 0 amide bonds. The molecule has 4 aliphatic heterocycles. The van der Waals surface area contributed by atoms with Crippen molar-refractivity contribution in [2.24, 2.45) is 4.99 Å². The minimum atomic E-state index is -3.23. The molecule has 5 rings (SSSR count). The normalized spacial score (nSPS) is 29.9. The smallest absolute Gasteiger partial charge is 0.283 e. The van der Waals surface area contributed by atoms with E-state index in [1.165, 1.54) is 0 Å². The van der Waals surface area contributed by atoms with E-state index in [2.05, 4.69) is 16.3 Å². The number of aliphatic hydroxyl groups is 1. The predicted molar refractivity (Wildman–Crippen MR) is 135 cm³/mol. The highest BCUT2D eigenvalue weighted by Gasteiger charge is 2.48. The van der Waals surface area contributed by atoms with Crippen molar-refractivity contribution in [1.82, 2.24) is 15.1 Å². The molecular weight excluding hydrogens is 485 g/mol. The van der Waals surface area contributed by atoms with Crippen LogP contribution < -0.4 is 14.8 Å². The number of aliphatic hydroxyl groups excluding tert-OH is 1. The molecule has 0 saturated carbocycles. The zero-order valence-corrected chi connectivity index (χ0v) is 21.6. The molecule has 0 aromatic heterocycles. The van der Waals surface area contributed by atoms with Crippen molar-refractivity contribution in [3.8, 4) is 11.5 Å². The Morgan fingerprint density at radius 2 is 2.05 bits per heavy atom. The van der Waals surface area contributed by atoms with Crippen molar-refractivity contribution in [2.75, 3.05) is 46.3 Å². The summed E-state index contributed by atoms with van der Waals surface area (Å²) in [7, 11) is 0. The van der Waals surface area contributed by atoms with Crippen LogP contribution in [0, 0.1) is 0 Å². The van der Waals surface area contributed by atoms with Crippen LogP contribution in [0.3, 0.4) is 0 Å². The summed E-state index contributed by atoms with van der Waals surface area (Å²) in [5, 5.41) is 12.9. The number of dihydropyridines is 1. The van der Waals surface area contributed by atoms with E-state index in [4.69, 9.17) is 14.5 Å². The number of likely N-dealkylation sites (tertiary alicyclic amines) is 1. The lowest BCUT2D eigenvalue weighted by Gasteiger charge is -2.49. The molecule has 0 bridgehead atoms. The number of nitrogens with zero attached hydrogens (tertiary/aromatic N) is 3. The van der Waals surface area contributed by atoms with Crippen molar-refractivity contribution in [3.63, 3.8) is 0 Å². The molecule has 2 N–H and O–H groups in total. The Bertz CT molecular complexity index is 1050. The Labute approximate surface area is 216 Å². The number of hydrogen-bond acceptors (Lipinski definition) is 7. The van der Waals surface area contributed by atoms with Crippen molar-refractivity contribution in [1.29, 1.82) is 0 Å². The third-order valence-corrected chi connectivity index (χ3v) is 8.06. The first-order chi connectivity index (χ1) is 17.7. The van der Waals surface area contributed by atoms with Gasteiger partial charge in [-0.2, -0.15) is 0 Å². The molecule has 4 heterocycles. The molecule has 7 nitrogen and oxygen atoms in total. The minimum absolute atomic E-state index is 0.143. The minimum Gasteiger partial charge on any atom is -0.454 e. The number of alkyl halides is 3. The number of aliphatic imine (C=N–C) groups is 1. The topological polar surface area (TPSA) is 69.6 Å². The molecule has 10 heteroatoms. The van der Waals surface area contributed by atoms with E-state index in [-0.39, 0.29) is 25.6 Å². The van der Waals surface area contributed by atoms with Crippen molar-refractivity contribution >= 4 is 6.21 Å². The Kier molecular flexibility index (Phi) is 7.44. The average Bonchev–Trinajstić information content (AvgIpc) is 3.52. The summed E-state index contributed by atoms with van der Waals surface area (Å²) in [6, 6.07) is 3.54. The molecule has 0 spiro atoms. The first-order valence-electron chi connectivity index (χ1n) is 13.2. The largest absolute Gasteiger partial charge is 0.454 e. The van der Waals surface area contributed by atoms with E-state index in [9.17, 15) is 18.3 Å². The molecule has 0 radical (unpaired) electrons. The average molecular weight is 523 g/mol. The molecule has 1 saturated heterocycles. The number of allylic oxidation sites excluding steroid dienone is 1. The second kappa shape index (κ2) is 10.5. The summed E-state index contributed by atoms with van der Waals surface area (Å²) in [6.45, 7) is 4.63. The third-order valence-electron chi connectivity index (χ3n) is 8.06. The second-order valence-corrected chi connectivity index (χ2v) is 11.0. The van der Waals surface area contributed by atoms with Crippen LogP contribution in [0.15, 0.2) is 28.9 Å². The number of ether oxygens (including phenoxy) is 2. The summed E-state index contributed by atoms with van der Waals surface area (Å²) in [5.41, 5.74) is 2.20. The lowest BCUT2D eigenvalue weighted by Crippen LogP contribution is -2.55. The number of nitrogens with one attached hydrogen (secondary N) is 1. The van der Waals surface area contributed by atoms with Crippen LogP contribution in [0.2, 0.25) is 0 Å². The molecule has 1 fully saturated rings. The van der Waals surface area contributed by atoms with Crippen LogP contribution in [0.5, 0.6) is 11.5 Å². The molecule has 4 atom stereocenters. The zero-order valence-electron chi connectivity index (χ0n) is 21.6. The van der Waals surface area contributed by atoms with E-state index in [0.717, 1.165) is 42.9 Å². The predicted octanol–water partition coefficient (Wildman–Crippen LogP) is 3.47. The van der Waals surface area contributed by atoms with Gasteiger partial charge in [-0.15, -0.1) is 0 Å². The van der Waals surface area contributed by atoms with Gasteiger partial charge in [0.2, 0.25) is 6.79 Å². The van der Waals surface area contributed by atoms with E-state index in [1.54, 1.807) is 4.90 Å². The Balaban J connectivity index is 1.38. The summed E-state index contributed by atoms with van der Waals surface area (Å²) >= 11 is 0. The fraction of sp³-hybridized carbons (Fsp3) is 0.667. The molecule has 1 aromatic carbocycles. The number of hydrogen-bond donors (Lipinski definition) is 2. The molecule has 1 unspecified atom stereocenters. The van der Waals surface area contributed by atoms with Crippen LogP contribution in [0.1, 0.15) is 50.3 Å². The van der Waals surface area contributed by atoms with Crippen LogP contribution in [-0.4, -0.2) is 90.9 Å². The van der Waals surface area contributed by atoms with Gasteiger partial charge in [0.25, 0.3) is 5.92 Å². The van der Waals surface area contributed by atoms with Gasteiger partial charge in [-0.1, -0.05) is 6.08 Å². The number of rotatable bonds is 9. The molecule has 0 aliphatic carbocycles. The SMILES string of the molecule is C[C@@H]1Cc2cc3c(cc2[C@@H](C2(C)CC=C(N[C@H]4CCN(CCCF)C4)C=N2)N1CC(F)(F)CO)OCO3. The van der Waals surface area contributed by atoms with E-state index < -0.39 is 30.7 Å². The van der Waals surface area contributed by atoms with Crippen LogP contribution >= 0.6 is 0 Å². The van der Waals surface area contributed by atoms with E-state index >= 15 is 0 Å². The lowest BCUT2D eigenvalue weighted by atomic mass is 9.76. The van der Waals surface area contributed by atoms with Crippen LogP contribution in [0.25, 0.3) is 0 Å². The van der Waals surface area contributed by atoms with Crippen molar-refractivity contribution in [2.45, 2.75) is 69.1 Å². The number of fused-ring (bicyclic) bond motifs is 2. The quantitative estimate of drug-likeness (QED) is 0.518. The van der Waals surface area contributed by atoms with Gasteiger partial charge in [0.05, 0.1) is 24.8 Å². The Morgan fingerprint density at radius 1 is 1.27 bits per heavy atom. The van der Waals surface area contributed by atoms with Gasteiger partial charge in [0.15, 0.2) is 11.5 Å². The third kappa shape index (κ3) is 5.47. The molecule has 4 aliphatic rings. The molecular formula is C27H37F3N4O3. The van der Waals surface area contributed by atoms with Gasteiger partial charge in [-0.25, -0.2) is 8.78 Å². The van der Waals surface area contributed by atoms with Crippen molar-refractivity contribution < 1.29 is 27.8 Å².